The van der Waals surface area contributed by atoms with Gasteiger partial charge in [-0.15, -0.1) is 12.4 Å². The fourth-order valence-corrected chi connectivity index (χ4v) is 5.13. The molecule has 1 aliphatic carbocycles. The number of aromatic nitrogens is 2. The third kappa shape index (κ3) is 6.33. The molecule has 0 unspecified atom stereocenters. The lowest BCUT2D eigenvalue weighted by Gasteiger charge is -2.33. The number of alkyl halides is 5. The van der Waals surface area contributed by atoms with Crippen LogP contribution in [0.1, 0.15) is 42.4 Å². The van der Waals surface area contributed by atoms with Crippen molar-refractivity contribution in [3.8, 4) is 28.6 Å². The summed E-state index contributed by atoms with van der Waals surface area (Å²) < 4.78 is 75.3. The molecule has 1 aliphatic heterocycles. The second-order valence-electron chi connectivity index (χ2n) is 9.57. The van der Waals surface area contributed by atoms with Crippen molar-refractivity contribution in [3.05, 3.63) is 53.1 Å². The van der Waals surface area contributed by atoms with Gasteiger partial charge in [0.1, 0.15) is 12.4 Å². The van der Waals surface area contributed by atoms with E-state index in [1.807, 2.05) is 18.2 Å². The lowest BCUT2D eigenvalue weighted by molar-refractivity contribution is -0.143. The van der Waals surface area contributed by atoms with Crippen molar-refractivity contribution < 1.29 is 41.1 Å². The highest BCUT2D eigenvalue weighted by molar-refractivity contribution is 5.85. The molecule has 2 aliphatic rings. The molecule has 0 atom stereocenters. The summed E-state index contributed by atoms with van der Waals surface area (Å²) in [4.78, 5) is 17.8. The molecule has 1 aromatic heterocycles. The number of aliphatic carboxylic acids is 1. The molecule has 1 saturated carbocycles. The van der Waals surface area contributed by atoms with Gasteiger partial charge in [-0.3, -0.25) is 9.69 Å². The zero-order chi connectivity index (χ0) is 27.0. The normalized spacial score (nSPS) is 19.5. The van der Waals surface area contributed by atoms with Crippen molar-refractivity contribution in [2.24, 2.45) is 5.92 Å². The number of ether oxygens (including phenoxy) is 1. The number of carboxylic acid groups (broad SMARTS) is 1. The summed E-state index contributed by atoms with van der Waals surface area (Å²) in [6.07, 6.45) is -4.76. The van der Waals surface area contributed by atoms with E-state index < -0.39 is 36.5 Å². The number of nitrogens with zero attached hydrogens (tertiary/aromatic N) is 3. The first-order chi connectivity index (χ1) is 18.1. The van der Waals surface area contributed by atoms with Crippen LogP contribution in [0.3, 0.4) is 0 Å². The summed E-state index contributed by atoms with van der Waals surface area (Å²) in [5.74, 6) is -1.66. The molecule has 0 radical (unpaired) electrons. The Bertz CT molecular complexity index is 1330. The molecule has 3 aromatic rings. The molecule has 2 heterocycles. The maximum absolute atomic E-state index is 13.5. The Morgan fingerprint density at radius 3 is 2.41 bits per heavy atom. The van der Waals surface area contributed by atoms with E-state index in [4.69, 9.17) is 4.52 Å². The van der Waals surface area contributed by atoms with E-state index in [1.54, 1.807) is 0 Å². The van der Waals surface area contributed by atoms with Crippen LogP contribution in [-0.2, 0) is 24.1 Å². The minimum atomic E-state index is -4.84. The Morgan fingerprint density at radius 2 is 1.74 bits per heavy atom. The third-order valence-electron chi connectivity index (χ3n) is 7.10. The third-order valence-corrected chi connectivity index (χ3v) is 7.10. The smallest absolute Gasteiger partial charge is 0.419 e. The number of benzene rings is 2. The summed E-state index contributed by atoms with van der Waals surface area (Å²) in [6.45, 7) is 0.299. The molecule has 13 heteroatoms. The van der Waals surface area contributed by atoms with Crippen LogP contribution >= 0.6 is 12.4 Å². The average molecular weight is 574 g/mol. The Morgan fingerprint density at radius 1 is 1.05 bits per heavy atom. The van der Waals surface area contributed by atoms with E-state index in [1.165, 1.54) is 6.07 Å². The van der Waals surface area contributed by atoms with Gasteiger partial charge in [0.25, 0.3) is 12.3 Å². The van der Waals surface area contributed by atoms with Crippen molar-refractivity contribution in [3.63, 3.8) is 0 Å². The predicted molar refractivity (Wildman–Crippen MR) is 132 cm³/mol. The minimum Gasteiger partial charge on any atom is -0.487 e. The molecule has 1 fully saturated rings. The largest absolute Gasteiger partial charge is 0.487 e. The monoisotopic (exact) mass is 573 g/mol. The van der Waals surface area contributed by atoms with Crippen LogP contribution in [0, 0.1) is 5.92 Å². The van der Waals surface area contributed by atoms with Crippen molar-refractivity contribution in [2.45, 2.75) is 57.4 Å². The fraction of sp³-hybridized carbons (Fsp3) is 0.423. The lowest BCUT2D eigenvalue weighted by atomic mass is 9.85. The molecule has 0 bridgehead atoms. The summed E-state index contributed by atoms with van der Waals surface area (Å²) in [5.41, 5.74) is 1.62. The number of hydrogen-bond donors (Lipinski definition) is 1. The van der Waals surface area contributed by atoms with Crippen LogP contribution in [-0.4, -0.2) is 45.2 Å². The zero-order valence-electron chi connectivity index (χ0n) is 20.5. The first-order valence-electron chi connectivity index (χ1n) is 12.1. The second-order valence-corrected chi connectivity index (χ2v) is 9.57. The maximum Gasteiger partial charge on any atom is 0.419 e. The summed E-state index contributed by atoms with van der Waals surface area (Å²) in [5, 5.41) is 13.2. The van der Waals surface area contributed by atoms with Gasteiger partial charge in [-0.25, -0.2) is 8.78 Å². The first-order valence-corrected chi connectivity index (χ1v) is 12.1. The number of carbonyl (C=O) groups is 1. The zero-order valence-corrected chi connectivity index (χ0v) is 21.3. The molecule has 2 aromatic carbocycles. The molecule has 0 spiro atoms. The quantitative estimate of drug-likeness (QED) is 0.325. The second kappa shape index (κ2) is 11.5. The van der Waals surface area contributed by atoms with Gasteiger partial charge in [-0.2, -0.15) is 18.2 Å². The van der Waals surface area contributed by atoms with Gasteiger partial charge in [-0.05, 0) is 61.1 Å². The van der Waals surface area contributed by atoms with Crippen LogP contribution in [0.15, 0.2) is 40.9 Å². The number of fused-ring (bicyclic) bond motifs is 1. The van der Waals surface area contributed by atoms with Crippen LogP contribution in [0.5, 0.6) is 5.75 Å². The minimum absolute atomic E-state index is 0. The van der Waals surface area contributed by atoms with E-state index in [-0.39, 0.29) is 35.6 Å². The predicted octanol–water partition coefficient (Wildman–Crippen LogP) is 6.45. The van der Waals surface area contributed by atoms with E-state index in [2.05, 4.69) is 19.8 Å². The van der Waals surface area contributed by atoms with Gasteiger partial charge in [0.15, 0.2) is 0 Å². The van der Waals surface area contributed by atoms with Crippen molar-refractivity contribution in [1.29, 1.82) is 0 Å². The standard InChI is InChI=1S/C26H24F5N3O4.ClH/c27-22(28)13-37-21-8-5-16(10-20(21)26(29,30)31)24-32-23(33-38-24)15-1-2-17-11-34(12-18(17)9-15)19-6-3-14(4-7-19)25(35)36;/h1-2,5,8-10,14,19,22H,3-4,6-7,11-13H2,(H,35,36);1H. The van der Waals surface area contributed by atoms with Crippen LogP contribution in [0.25, 0.3) is 22.8 Å². The first kappa shape index (κ1) is 28.8. The van der Waals surface area contributed by atoms with Gasteiger partial charge in [0.05, 0.1) is 11.5 Å². The molecule has 1 N–H and O–H groups in total. The molecular weight excluding hydrogens is 549 g/mol. The van der Waals surface area contributed by atoms with Crippen molar-refractivity contribution >= 4 is 18.4 Å². The van der Waals surface area contributed by atoms with Gasteiger partial charge >= 0.3 is 12.1 Å². The number of carboxylic acids is 1. The van der Waals surface area contributed by atoms with Crippen LogP contribution in [0.2, 0.25) is 0 Å². The lowest BCUT2D eigenvalue weighted by Crippen LogP contribution is -2.35. The Labute approximate surface area is 226 Å². The summed E-state index contributed by atoms with van der Waals surface area (Å²) in [7, 11) is 0. The van der Waals surface area contributed by atoms with Crippen LogP contribution in [0.4, 0.5) is 22.0 Å². The van der Waals surface area contributed by atoms with E-state index in [0.29, 0.717) is 31.0 Å². The SMILES string of the molecule is Cl.O=C(O)C1CCC(N2Cc3ccc(-c4noc(-c5ccc(OCC(F)F)c(C(F)(F)F)c5)n4)cc3C2)CC1. The van der Waals surface area contributed by atoms with E-state index >= 15 is 0 Å². The number of hydrogen-bond acceptors (Lipinski definition) is 6. The Balaban J connectivity index is 0.00000353. The molecule has 7 nitrogen and oxygen atoms in total. The highest BCUT2D eigenvalue weighted by Gasteiger charge is 2.36. The fourth-order valence-electron chi connectivity index (χ4n) is 5.13. The summed E-state index contributed by atoms with van der Waals surface area (Å²) in [6, 6.07) is 8.95. The van der Waals surface area contributed by atoms with Gasteiger partial charge < -0.3 is 14.4 Å². The summed E-state index contributed by atoms with van der Waals surface area (Å²) >= 11 is 0. The molecular formula is C26H25ClF5N3O4. The van der Waals surface area contributed by atoms with E-state index in [0.717, 1.165) is 42.6 Å². The van der Waals surface area contributed by atoms with E-state index in [9.17, 15) is 31.9 Å². The molecule has 39 heavy (non-hydrogen) atoms. The molecule has 5 rings (SSSR count). The highest BCUT2D eigenvalue weighted by atomic mass is 35.5. The molecule has 0 saturated heterocycles. The Kier molecular flexibility index (Phi) is 8.45. The topological polar surface area (TPSA) is 88.7 Å². The highest BCUT2D eigenvalue weighted by Crippen LogP contribution is 2.39. The van der Waals surface area contributed by atoms with Crippen molar-refractivity contribution in [2.75, 3.05) is 6.61 Å². The van der Waals surface area contributed by atoms with Gasteiger partial charge in [0, 0.05) is 30.3 Å². The molecule has 210 valence electrons. The van der Waals surface area contributed by atoms with Gasteiger partial charge in [-0.1, -0.05) is 17.3 Å². The molecule has 0 amide bonds. The average Bonchev–Trinajstić information content (AvgIpc) is 3.54. The van der Waals surface area contributed by atoms with Crippen LogP contribution < -0.4 is 4.74 Å². The Hall–Kier alpha value is -3.25. The number of halogens is 6. The van der Waals surface area contributed by atoms with Gasteiger partial charge in [0.2, 0.25) is 5.82 Å². The maximum atomic E-state index is 13.5. The van der Waals surface area contributed by atoms with Crippen molar-refractivity contribution in [1.82, 2.24) is 15.0 Å². The number of rotatable bonds is 7.